The summed E-state index contributed by atoms with van der Waals surface area (Å²) in [5.74, 6) is -5.64. The highest BCUT2D eigenvalue weighted by Crippen LogP contribution is 2.19. The third-order valence-electron chi connectivity index (χ3n) is 6.63. The Hall–Kier alpha value is -3.55. The third-order valence-corrected chi connectivity index (χ3v) is 6.97. The average molecular weight is 802 g/mol. The lowest BCUT2D eigenvalue weighted by molar-refractivity contribution is -0.193. The Morgan fingerprint density at radius 1 is 0.769 bits per heavy atom. The van der Waals surface area contributed by atoms with Crippen LogP contribution < -0.4 is 32.3 Å². The van der Waals surface area contributed by atoms with E-state index < -0.39 is 48.3 Å². The lowest BCUT2D eigenvalue weighted by atomic mass is 10.00. The van der Waals surface area contributed by atoms with Gasteiger partial charge in [0.1, 0.15) is 12.1 Å². The number of carboxylic acids is 2. The predicted octanol–water partition coefficient (Wildman–Crippen LogP) is 4.30. The molecule has 3 atom stereocenters. The summed E-state index contributed by atoms with van der Waals surface area (Å²) in [4.78, 5) is 58.9. The molecule has 0 saturated heterocycles. The van der Waals surface area contributed by atoms with Gasteiger partial charge in [0, 0.05) is 36.2 Å². The van der Waals surface area contributed by atoms with E-state index in [2.05, 4.69) is 20.9 Å². The van der Waals surface area contributed by atoms with Crippen LogP contribution in [0.5, 0.6) is 0 Å². The van der Waals surface area contributed by atoms with Crippen molar-refractivity contribution in [2.75, 3.05) is 41.6 Å². The topological polar surface area (TPSA) is 217 Å². The van der Waals surface area contributed by atoms with Crippen LogP contribution in [-0.2, 0) is 24.0 Å². The van der Waals surface area contributed by atoms with E-state index >= 15 is 0 Å². The number of nitrogens with one attached hydrogen (secondary N) is 3. The normalized spacial score (nSPS) is 13.0. The maximum Gasteiger partial charge on any atom is 0.490 e. The molecule has 0 aliphatic carbocycles. The summed E-state index contributed by atoms with van der Waals surface area (Å²) in [6, 6.07) is 5.07. The van der Waals surface area contributed by atoms with Gasteiger partial charge in [-0.2, -0.15) is 26.3 Å². The van der Waals surface area contributed by atoms with E-state index in [1.54, 1.807) is 12.1 Å². The van der Waals surface area contributed by atoms with E-state index in [1.165, 1.54) is 0 Å². The van der Waals surface area contributed by atoms with Crippen molar-refractivity contribution in [1.82, 2.24) is 10.6 Å². The maximum absolute atomic E-state index is 13.3. The monoisotopic (exact) mass is 800 g/mol. The minimum absolute atomic E-state index is 0.0733. The van der Waals surface area contributed by atoms with Crippen molar-refractivity contribution < 1.29 is 60.5 Å². The highest BCUT2D eigenvalue weighted by molar-refractivity contribution is 6.18. The number of benzene rings is 1. The lowest BCUT2D eigenvalue weighted by Crippen LogP contribution is -2.56. The molecule has 0 unspecified atom stereocenters. The zero-order valence-corrected chi connectivity index (χ0v) is 30.6. The van der Waals surface area contributed by atoms with Gasteiger partial charge >= 0.3 is 24.3 Å². The van der Waals surface area contributed by atoms with Crippen molar-refractivity contribution in [3.8, 4) is 0 Å². The summed E-state index contributed by atoms with van der Waals surface area (Å²) in [6.07, 6.45) is -7.94. The summed E-state index contributed by atoms with van der Waals surface area (Å²) in [7, 11) is 0. The number of anilines is 2. The molecule has 0 aliphatic heterocycles. The van der Waals surface area contributed by atoms with Crippen molar-refractivity contribution in [1.29, 1.82) is 0 Å². The molecule has 0 saturated carbocycles. The van der Waals surface area contributed by atoms with Crippen molar-refractivity contribution >= 4 is 64.2 Å². The number of aliphatic carboxylic acids is 2. The zero-order valence-electron chi connectivity index (χ0n) is 29.1. The Balaban J connectivity index is 0. The summed E-state index contributed by atoms with van der Waals surface area (Å²) in [5.41, 5.74) is 13.2. The Morgan fingerprint density at radius 3 is 1.58 bits per heavy atom. The van der Waals surface area contributed by atoms with Crippen LogP contribution in [-0.4, -0.2) is 102 Å². The SMILES string of the molecule is CC(C)C[C@H](NC(=O)[C@H](N)C(C)C)C(=O)N[C@@H](CCCCN)C(=O)Nc1ccc(N(CCCl)CCCl)cc1.O=C(O)C(F)(F)F.O=C(O)C(F)(F)F. The first-order valence-corrected chi connectivity index (χ1v) is 16.9. The molecule has 13 nitrogen and oxygen atoms in total. The number of halogens is 8. The molecular formula is C31H48Cl2F6N6O7. The van der Waals surface area contributed by atoms with Gasteiger partial charge in [0.25, 0.3) is 0 Å². The summed E-state index contributed by atoms with van der Waals surface area (Å²) in [6.45, 7) is 9.43. The van der Waals surface area contributed by atoms with Gasteiger partial charge in [-0.05, 0) is 68.3 Å². The van der Waals surface area contributed by atoms with Crippen molar-refractivity contribution in [2.45, 2.75) is 83.9 Å². The average Bonchev–Trinajstić information content (AvgIpc) is 3.03. The first-order chi connectivity index (χ1) is 23.9. The van der Waals surface area contributed by atoms with Crippen LogP contribution in [0.4, 0.5) is 37.7 Å². The Kier molecular flexibility index (Phi) is 24.7. The smallest absolute Gasteiger partial charge is 0.475 e. The molecule has 0 fully saturated rings. The Labute approximate surface area is 308 Å². The van der Waals surface area contributed by atoms with E-state index in [0.717, 1.165) is 12.1 Å². The van der Waals surface area contributed by atoms with E-state index in [0.29, 0.717) is 56.3 Å². The molecule has 300 valence electrons. The van der Waals surface area contributed by atoms with Gasteiger partial charge in [-0.15, -0.1) is 23.2 Å². The van der Waals surface area contributed by atoms with Crippen LogP contribution in [0.25, 0.3) is 0 Å². The number of rotatable bonds is 18. The molecule has 1 rings (SSSR count). The second-order valence-electron chi connectivity index (χ2n) is 11.8. The number of hydrogen-bond donors (Lipinski definition) is 7. The van der Waals surface area contributed by atoms with Gasteiger partial charge in [-0.25, -0.2) is 9.59 Å². The predicted molar refractivity (Wildman–Crippen MR) is 185 cm³/mol. The quantitative estimate of drug-likeness (QED) is 0.0635. The number of carbonyl (C=O) groups is 5. The largest absolute Gasteiger partial charge is 0.490 e. The van der Waals surface area contributed by atoms with Gasteiger partial charge in [-0.1, -0.05) is 27.7 Å². The number of amides is 3. The van der Waals surface area contributed by atoms with Gasteiger partial charge in [-0.3, -0.25) is 14.4 Å². The van der Waals surface area contributed by atoms with Gasteiger partial charge in [0.15, 0.2) is 0 Å². The molecule has 9 N–H and O–H groups in total. The number of unbranched alkanes of at least 4 members (excludes halogenated alkanes) is 1. The molecule has 1 aromatic rings. The van der Waals surface area contributed by atoms with Gasteiger partial charge in [0.2, 0.25) is 17.7 Å². The molecular weight excluding hydrogens is 753 g/mol. The summed E-state index contributed by atoms with van der Waals surface area (Å²) >= 11 is 11.8. The first-order valence-electron chi connectivity index (χ1n) is 15.9. The van der Waals surface area contributed by atoms with Gasteiger partial charge < -0.3 is 42.5 Å². The number of hydrogen-bond acceptors (Lipinski definition) is 8. The minimum Gasteiger partial charge on any atom is -0.475 e. The zero-order chi connectivity index (χ0) is 40.8. The van der Waals surface area contributed by atoms with Crippen molar-refractivity contribution in [2.24, 2.45) is 23.3 Å². The van der Waals surface area contributed by atoms with E-state index in [9.17, 15) is 40.7 Å². The number of carbonyl (C=O) groups excluding carboxylic acids is 3. The fourth-order valence-corrected chi connectivity index (χ4v) is 4.27. The van der Waals surface area contributed by atoms with Crippen LogP contribution >= 0.6 is 23.2 Å². The molecule has 0 spiro atoms. The molecule has 0 heterocycles. The standard InChI is InChI=1S/C27H46Cl2N6O3.2C2HF3O2/c1-18(2)17-23(34-27(38)24(31)19(3)4)26(37)33-22(7-5-6-14-30)25(36)32-20-8-10-21(11-9-20)35(15-12-28)16-13-29;2*3-2(4,5)1(6)7/h8-11,18-19,22-24H,5-7,12-17,30-31H2,1-4H3,(H,32,36)(H,33,37)(H,34,38);2*(H,6,7)/t22-,23-,24+;;/m0../s1. The second-order valence-corrected chi connectivity index (χ2v) is 12.6. The highest BCUT2D eigenvalue weighted by Gasteiger charge is 2.39. The lowest BCUT2D eigenvalue weighted by Gasteiger charge is -2.26. The highest BCUT2D eigenvalue weighted by atomic mass is 35.5. The van der Waals surface area contributed by atoms with Crippen LogP contribution in [0.2, 0.25) is 0 Å². The first kappa shape index (κ1) is 50.6. The third kappa shape index (κ3) is 22.4. The maximum atomic E-state index is 13.3. The fourth-order valence-electron chi connectivity index (χ4n) is 3.87. The molecule has 1 aromatic carbocycles. The van der Waals surface area contributed by atoms with E-state index in [4.69, 9.17) is 54.5 Å². The van der Waals surface area contributed by atoms with Crippen molar-refractivity contribution in [3.63, 3.8) is 0 Å². The molecule has 3 amide bonds. The minimum atomic E-state index is -5.08. The van der Waals surface area contributed by atoms with Crippen LogP contribution in [0, 0.1) is 11.8 Å². The molecule has 21 heteroatoms. The van der Waals surface area contributed by atoms with E-state index in [1.807, 2.05) is 39.8 Å². The number of nitrogens with zero attached hydrogens (tertiary/aromatic N) is 1. The van der Waals surface area contributed by atoms with Gasteiger partial charge in [0.05, 0.1) is 6.04 Å². The van der Waals surface area contributed by atoms with Crippen LogP contribution in [0.3, 0.4) is 0 Å². The number of nitrogens with two attached hydrogens (primary N) is 2. The van der Waals surface area contributed by atoms with E-state index in [-0.39, 0.29) is 23.7 Å². The molecule has 0 bridgehead atoms. The van der Waals surface area contributed by atoms with Crippen LogP contribution in [0.1, 0.15) is 53.4 Å². The molecule has 0 aliphatic rings. The Morgan fingerprint density at radius 2 is 1.21 bits per heavy atom. The Bertz CT molecular complexity index is 1210. The second kappa shape index (κ2) is 25.4. The number of carboxylic acid groups (broad SMARTS) is 2. The summed E-state index contributed by atoms with van der Waals surface area (Å²) in [5, 5.41) is 22.8. The molecule has 0 radical (unpaired) electrons. The fraction of sp³-hybridized carbons (Fsp3) is 0.645. The number of alkyl halides is 8. The van der Waals surface area contributed by atoms with Crippen LogP contribution in [0.15, 0.2) is 24.3 Å². The molecule has 0 aromatic heterocycles. The summed E-state index contributed by atoms with van der Waals surface area (Å²) < 4.78 is 63.5. The molecule has 52 heavy (non-hydrogen) atoms. The van der Waals surface area contributed by atoms with Crippen molar-refractivity contribution in [3.05, 3.63) is 24.3 Å².